The first-order valence-corrected chi connectivity index (χ1v) is 15.1. The van der Waals surface area contributed by atoms with Gasteiger partial charge in [-0.15, -0.1) is 0 Å². The lowest BCUT2D eigenvalue weighted by molar-refractivity contribution is 0.00556. The summed E-state index contributed by atoms with van der Waals surface area (Å²) in [6, 6.07) is 3.06. The molecule has 5 rings (SSSR count). The van der Waals surface area contributed by atoms with E-state index in [2.05, 4.69) is 25.4 Å². The molecular weight excluding hydrogens is 626 g/mol. The van der Waals surface area contributed by atoms with Gasteiger partial charge in [-0.1, -0.05) is 5.16 Å². The number of alkyl halides is 2. The zero-order chi connectivity index (χ0) is 34.1. The lowest BCUT2D eigenvalue weighted by Gasteiger charge is -2.35. The molecule has 0 unspecified atom stereocenters. The zero-order valence-electron chi connectivity index (χ0n) is 26.7. The highest BCUT2D eigenvalue weighted by Crippen LogP contribution is 2.28. The molecule has 2 saturated heterocycles. The summed E-state index contributed by atoms with van der Waals surface area (Å²) < 4.78 is 65.8. The van der Waals surface area contributed by atoms with E-state index < -0.39 is 41.2 Å². The van der Waals surface area contributed by atoms with Gasteiger partial charge >= 0.3 is 18.0 Å². The predicted octanol–water partition coefficient (Wildman–Crippen LogP) is 4.12. The van der Waals surface area contributed by atoms with Gasteiger partial charge in [-0.2, -0.15) is 13.8 Å². The van der Waals surface area contributed by atoms with E-state index in [0.29, 0.717) is 38.7 Å². The number of nitrogens with zero attached hydrogens (tertiary/aromatic N) is 8. The maximum absolute atomic E-state index is 14.5. The Kier molecular flexibility index (Phi) is 9.56. The van der Waals surface area contributed by atoms with Gasteiger partial charge in [0.05, 0.1) is 25.6 Å². The summed E-state index contributed by atoms with van der Waals surface area (Å²) in [6.07, 6.45) is 2.57. The first kappa shape index (κ1) is 33.8. The summed E-state index contributed by atoms with van der Waals surface area (Å²) in [5.74, 6) is -4.99. The van der Waals surface area contributed by atoms with Crippen molar-refractivity contribution in [3.8, 4) is 0 Å². The molecule has 47 heavy (non-hydrogen) atoms. The average Bonchev–Trinajstić information content (AvgIpc) is 3.66. The predicted molar refractivity (Wildman–Crippen MR) is 160 cm³/mol. The topological polar surface area (TPSA) is 133 Å². The molecule has 1 atom stereocenters. The minimum atomic E-state index is -3.21. The van der Waals surface area contributed by atoms with E-state index in [1.54, 1.807) is 47.4 Å². The van der Waals surface area contributed by atoms with E-state index in [1.165, 1.54) is 12.4 Å². The second kappa shape index (κ2) is 13.3. The third kappa shape index (κ3) is 8.25. The summed E-state index contributed by atoms with van der Waals surface area (Å²) >= 11 is 0. The molecule has 2 aliphatic heterocycles. The Balaban J connectivity index is 1.22. The molecule has 4 heterocycles. The molecule has 2 aromatic heterocycles. The number of carbonyl (C=O) groups excluding carboxylic acids is 2. The number of hydrogen-bond donors (Lipinski definition) is 1. The lowest BCUT2D eigenvalue weighted by Crippen LogP contribution is -2.47. The molecule has 0 aliphatic carbocycles. The Labute approximate surface area is 268 Å². The molecule has 0 saturated carbocycles. The summed E-state index contributed by atoms with van der Waals surface area (Å²) in [5.41, 5.74) is -0.507. The monoisotopic (exact) mass is 663 g/mol. The molecule has 254 valence electrons. The third-order valence-electron chi connectivity index (χ3n) is 7.84. The molecule has 17 heteroatoms. The fourth-order valence-corrected chi connectivity index (χ4v) is 5.40. The molecule has 0 radical (unpaired) electrons. The maximum atomic E-state index is 14.5. The van der Waals surface area contributed by atoms with Crippen LogP contribution in [0.5, 0.6) is 0 Å². The highest BCUT2D eigenvalue weighted by atomic mass is 19.3. The maximum Gasteiger partial charge on any atom is 0.408 e. The van der Waals surface area contributed by atoms with Crippen LogP contribution in [0.4, 0.5) is 34.2 Å². The number of carbonyl (C=O) groups is 2. The number of amides is 2. The van der Waals surface area contributed by atoms with Crippen molar-refractivity contribution in [3.05, 3.63) is 59.3 Å². The number of hydrogen-bond acceptors (Lipinski definition) is 11. The Morgan fingerprint density at radius 3 is 2.43 bits per heavy atom. The van der Waals surface area contributed by atoms with Gasteiger partial charge in [0.1, 0.15) is 34.9 Å². The summed E-state index contributed by atoms with van der Waals surface area (Å²) in [5, 5.41) is 6.15. The largest absolute Gasteiger partial charge is 0.444 e. The lowest BCUT2D eigenvalue weighted by atomic mass is 10.0. The number of halogens is 4. The van der Waals surface area contributed by atoms with Gasteiger partial charge in [0.15, 0.2) is 0 Å². The molecule has 2 aliphatic rings. The van der Waals surface area contributed by atoms with E-state index in [4.69, 9.17) is 9.26 Å². The minimum Gasteiger partial charge on any atom is -0.444 e. The number of ether oxygens (including phenoxy) is 1. The second-order valence-electron chi connectivity index (χ2n) is 12.7. The van der Waals surface area contributed by atoms with E-state index in [0.717, 1.165) is 18.2 Å². The van der Waals surface area contributed by atoms with Crippen LogP contribution in [0.1, 0.15) is 62.4 Å². The molecule has 2 fully saturated rings. The molecule has 2 amide bonds. The Morgan fingerprint density at radius 1 is 1.09 bits per heavy atom. The standard InChI is InChI=1S/C30H37F4N9O4/c1-29(2,3)46-28(45)37-24-16-43(17-42(24)15-18-12-19(31)6-7-21(18)32)23-14-35-22(13-36-23)25(44)40(5)20-8-10-41(11-9-20)27-38-26(39-47-27)30(4,33)34/h6-7,12-14,20,24H,8-11,15-17H2,1-5H3,(H,37,45)/t24-/m1/s1. The molecule has 0 bridgehead atoms. The van der Waals surface area contributed by atoms with Crippen LogP contribution in [0.2, 0.25) is 0 Å². The number of alkyl carbamates (subject to hydrolysis) is 1. The third-order valence-corrected chi connectivity index (χ3v) is 7.84. The van der Waals surface area contributed by atoms with Gasteiger partial charge in [0.25, 0.3) is 5.91 Å². The average molecular weight is 664 g/mol. The van der Waals surface area contributed by atoms with E-state index >= 15 is 0 Å². The molecule has 3 aromatic rings. The van der Waals surface area contributed by atoms with Crippen molar-refractivity contribution >= 4 is 23.8 Å². The van der Waals surface area contributed by atoms with Crippen molar-refractivity contribution in [2.24, 2.45) is 0 Å². The van der Waals surface area contributed by atoms with Crippen LogP contribution in [0.25, 0.3) is 0 Å². The number of aromatic nitrogens is 4. The molecular formula is C30H37F4N9O4. The molecule has 13 nitrogen and oxygen atoms in total. The minimum absolute atomic E-state index is 0.00703. The van der Waals surface area contributed by atoms with Crippen LogP contribution in [0, 0.1) is 11.6 Å². The van der Waals surface area contributed by atoms with Gasteiger partial charge < -0.3 is 29.3 Å². The fourth-order valence-electron chi connectivity index (χ4n) is 5.40. The van der Waals surface area contributed by atoms with Crippen LogP contribution in [-0.4, -0.2) is 93.1 Å². The number of nitrogens with one attached hydrogen (secondary N) is 1. The van der Waals surface area contributed by atoms with Crippen molar-refractivity contribution in [3.63, 3.8) is 0 Å². The van der Waals surface area contributed by atoms with Crippen LogP contribution in [-0.2, 0) is 17.2 Å². The van der Waals surface area contributed by atoms with Crippen molar-refractivity contribution in [2.45, 2.75) is 70.8 Å². The van der Waals surface area contributed by atoms with Crippen LogP contribution in [0.3, 0.4) is 0 Å². The summed E-state index contributed by atoms with van der Waals surface area (Å²) in [6.45, 7) is 7.15. The zero-order valence-corrected chi connectivity index (χ0v) is 26.7. The number of anilines is 2. The van der Waals surface area contributed by atoms with Gasteiger partial charge in [-0.3, -0.25) is 9.69 Å². The van der Waals surface area contributed by atoms with E-state index in [1.807, 2.05) is 0 Å². The normalized spacial score (nSPS) is 18.0. The first-order chi connectivity index (χ1) is 22.1. The van der Waals surface area contributed by atoms with Gasteiger partial charge in [0, 0.05) is 45.2 Å². The Hall–Kier alpha value is -4.54. The fraction of sp³-hybridized carbons (Fsp3) is 0.533. The van der Waals surface area contributed by atoms with Crippen LogP contribution < -0.4 is 15.1 Å². The van der Waals surface area contributed by atoms with Crippen LogP contribution >= 0.6 is 0 Å². The highest BCUT2D eigenvalue weighted by molar-refractivity contribution is 5.92. The van der Waals surface area contributed by atoms with Crippen LogP contribution in [0.15, 0.2) is 35.1 Å². The first-order valence-electron chi connectivity index (χ1n) is 15.1. The number of rotatable bonds is 8. The van der Waals surface area contributed by atoms with Crippen molar-refractivity contribution < 1.29 is 36.4 Å². The van der Waals surface area contributed by atoms with Crippen molar-refractivity contribution in [1.82, 2.24) is 35.2 Å². The van der Waals surface area contributed by atoms with Gasteiger partial charge in [0.2, 0.25) is 5.82 Å². The highest BCUT2D eigenvalue weighted by Gasteiger charge is 2.36. The molecule has 0 spiro atoms. The summed E-state index contributed by atoms with van der Waals surface area (Å²) in [4.78, 5) is 45.3. The number of piperidine rings is 1. The van der Waals surface area contributed by atoms with E-state index in [-0.39, 0.29) is 49.0 Å². The Morgan fingerprint density at radius 2 is 1.81 bits per heavy atom. The molecule has 1 aromatic carbocycles. The SMILES string of the molecule is CN(C(=O)c1cnc(N2C[C@H](NC(=O)OC(C)(C)C)N(Cc3cc(F)ccc3F)C2)cn1)C1CCN(c2nc(C(C)(F)F)no2)CC1. The summed E-state index contributed by atoms with van der Waals surface area (Å²) in [7, 11) is 1.66. The smallest absolute Gasteiger partial charge is 0.408 e. The van der Waals surface area contributed by atoms with Crippen molar-refractivity contribution in [2.75, 3.05) is 43.2 Å². The van der Waals surface area contributed by atoms with E-state index in [9.17, 15) is 27.2 Å². The van der Waals surface area contributed by atoms with Gasteiger partial charge in [-0.05, 0) is 51.8 Å². The number of benzene rings is 1. The Bertz CT molecular complexity index is 1570. The van der Waals surface area contributed by atoms with Crippen molar-refractivity contribution in [1.29, 1.82) is 0 Å². The molecule has 1 N–H and O–H groups in total. The quantitative estimate of drug-likeness (QED) is 0.349. The second-order valence-corrected chi connectivity index (χ2v) is 12.7. The van der Waals surface area contributed by atoms with Gasteiger partial charge in [-0.25, -0.2) is 23.5 Å².